The van der Waals surface area contributed by atoms with E-state index >= 15 is 0 Å². The number of hydrogen-bond acceptors (Lipinski definition) is 6. The maximum absolute atomic E-state index is 13.7. The standard InChI is InChI=1S/C23H18ClNO7S/c1-30-15-11-14(12-16(13-15)31-2)21-17-7-3-6-10-20(17)33(28,29)25(22(21)32-23(26)27)19-9-5-4-8-18(19)24/h3-13H,1-2H3,(H,26,27). The third kappa shape index (κ3) is 3.96. The number of anilines is 1. The number of sulfonamides is 1. The van der Waals surface area contributed by atoms with Crippen LogP contribution in [-0.2, 0) is 14.8 Å². The van der Waals surface area contributed by atoms with E-state index in [2.05, 4.69) is 0 Å². The molecule has 0 fully saturated rings. The number of ether oxygens (including phenoxy) is 3. The second kappa shape index (κ2) is 8.68. The number of benzene rings is 3. The van der Waals surface area contributed by atoms with Crippen molar-refractivity contribution in [2.24, 2.45) is 0 Å². The molecule has 0 aliphatic carbocycles. The highest BCUT2D eigenvalue weighted by Gasteiger charge is 2.41. The normalized spacial score (nSPS) is 14.5. The SMILES string of the molecule is COc1cc(OC)cc(C2=C(OC(=O)O)N(c3ccccc3Cl)S(=O)(=O)c3ccccc32)c1. The highest BCUT2D eigenvalue weighted by molar-refractivity contribution is 7.93. The van der Waals surface area contributed by atoms with Gasteiger partial charge in [0, 0.05) is 11.6 Å². The van der Waals surface area contributed by atoms with Crippen molar-refractivity contribution in [2.45, 2.75) is 4.90 Å². The Labute approximate surface area is 195 Å². The second-order valence-corrected chi connectivity index (χ2v) is 9.03. The minimum Gasteiger partial charge on any atom is -0.497 e. The maximum atomic E-state index is 13.7. The number of methoxy groups -OCH3 is 2. The summed E-state index contributed by atoms with van der Waals surface area (Å²) < 4.78 is 44.0. The van der Waals surface area contributed by atoms with Crippen molar-refractivity contribution in [1.82, 2.24) is 0 Å². The summed E-state index contributed by atoms with van der Waals surface area (Å²) in [6, 6.07) is 17.3. The van der Waals surface area contributed by atoms with Gasteiger partial charge >= 0.3 is 6.16 Å². The molecule has 33 heavy (non-hydrogen) atoms. The van der Waals surface area contributed by atoms with Crippen LogP contribution in [0.2, 0.25) is 5.02 Å². The van der Waals surface area contributed by atoms with Crippen LogP contribution in [0.5, 0.6) is 11.5 Å². The highest BCUT2D eigenvalue weighted by Crippen LogP contribution is 2.45. The van der Waals surface area contributed by atoms with Crippen LogP contribution >= 0.6 is 11.6 Å². The summed E-state index contributed by atoms with van der Waals surface area (Å²) in [5, 5.41) is 9.62. The Kier molecular flexibility index (Phi) is 5.92. The van der Waals surface area contributed by atoms with E-state index in [0.717, 1.165) is 4.31 Å². The van der Waals surface area contributed by atoms with Crippen molar-refractivity contribution >= 4 is 39.0 Å². The predicted octanol–water partition coefficient (Wildman–Crippen LogP) is 4.98. The molecule has 0 spiro atoms. The minimum absolute atomic E-state index is 0.0391. The van der Waals surface area contributed by atoms with Crippen LogP contribution in [0, 0.1) is 0 Å². The zero-order chi connectivity index (χ0) is 23.8. The molecule has 0 atom stereocenters. The summed E-state index contributed by atoms with van der Waals surface area (Å²) in [6.45, 7) is 0. The van der Waals surface area contributed by atoms with E-state index in [1.54, 1.807) is 48.5 Å². The van der Waals surface area contributed by atoms with Crippen LogP contribution in [0.25, 0.3) is 5.57 Å². The first-order valence-electron chi connectivity index (χ1n) is 9.55. The van der Waals surface area contributed by atoms with Gasteiger partial charge in [0.25, 0.3) is 10.0 Å². The van der Waals surface area contributed by atoms with E-state index in [1.165, 1.54) is 32.4 Å². The second-order valence-electron chi connectivity index (χ2n) is 6.87. The lowest BCUT2D eigenvalue weighted by Crippen LogP contribution is -2.37. The molecule has 1 heterocycles. The molecule has 1 aliphatic rings. The first-order chi connectivity index (χ1) is 15.8. The summed E-state index contributed by atoms with van der Waals surface area (Å²) in [5.74, 6) is 0.396. The van der Waals surface area contributed by atoms with Gasteiger partial charge in [-0.3, -0.25) is 0 Å². The summed E-state index contributed by atoms with van der Waals surface area (Å²) in [5.41, 5.74) is 0.923. The third-order valence-electron chi connectivity index (χ3n) is 4.97. The van der Waals surface area contributed by atoms with Gasteiger partial charge in [-0.1, -0.05) is 41.9 Å². The van der Waals surface area contributed by atoms with E-state index in [9.17, 15) is 18.3 Å². The Morgan fingerprint density at radius 2 is 1.55 bits per heavy atom. The molecule has 3 aromatic rings. The molecule has 3 aromatic carbocycles. The zero-order valence-electron chi connectivity index (χ0n) is 17.5. The molecule has 1 N–H and O–H groups in total. The number of halogens is 1. The van der Waals surface area contributed by atoms with Gasteiger partial charge in [0.1, 0.15) is 11.5 Å². The van der Waals surface area contributed by atoms with Crippen molar-refractivity contribution in [3.63, 3.8) is 0 Å². The van der Waals surface area contributed by atoms with Crippen LogP contribution in [0.3, 0.4) is 0 Å². The Morgan fingerprint density at radius 3 is 2.15 bits per heavy atom. The number of hydrogen-bond donors (Lipinski definition) is 1. The first kappa shape index (κ1) is 22.5. The molecule has 8 nitrogen and oxygen atoms in total. The van der Waals surface area contributed by atoms with Gasteiger partial charge < -0.3 is 19.3 Å². The van der Waals surface area contributed by atoms with E-state index in [4.69, 9.17) is 25.8 Å². The van der Waals surface area contributed by atoms with E-state index in [1.807, 2.05) is 0 Å². The van der Waals surface area contributed by atoms with E-state index < -0.39 is 22.1 Å². The number of carboxylic acid groups (broad SMARTS) is 1. The fourth-order valence-corrected chi connectivity index (χ4v) is 5.51. The van der Waals surface area contributed by atoms with Crippen LogP contribution < -0.4 is 13.8 Å². The Morgan fingerprint density at radius 1 is 0.939 bits per heavy atom. The van der Waals surface area contributed by atoms with Gasteiger partial charge in [0.2, 0.25) is 5.88 Å². The van der Waals surface area contributed by atoms with Crippen LogP contribution in [0.1, 0.15) is 11.1 Å². The summed E-state index contributed by atoms with van der Waals surface area (Å²) in [7, 11) is -1.35. The van der Waals surface area contributed by atoms with Crippen molar-refractivity contribution in [2.75, 3.05) is 18.5 Å². The zero-order valence-corrected chi connectivity index (χ0v) is 19.1. The van der Waals surface area contributed by atoms with Gasteiger partial charge in [0.15, 0.2) is 0 Å². The largest absolute Gasteiger partial charge is 0.512 e. The molecule has 170 valence electrons. The molecule has 0 amide bonds. The number of rotatable bonds is 5. The topological polar surface area (TPSA) is 102 Å². The molecule has 0 unspecified atom stereocenters. The molecule has 4 rings (SSSR count). The molecule has 0 aromatic heterocycles. The van der Waals surface area contributed by atoms with Crippen molar-refractivity contribution < 1.29 is 32.5 Å². The van der Waals surface area contributed by atoms with Crippen molar-refractivity contribution in [3.8, 4) is 11.5 Å². The maximum Gasteiger partial charge on any atom is 0.512 e. The van der Waals surface area contributed by atoms with E-state index in [0.29, 0.717) is 17.1 Å². The Hall–Kier alpha value is -3.69. The average Bonchev–Trinajstić information content (AvgIpc) is 2.79. The van der Waals surface area contributed by atoms with Gasteiger partial charge in [-0.05, 0) is 35.9 Å². The molecule has 0 bridgehead atoms. The van der Waals surface area contributed by atoms with Gasteiger partial charge in [-0.2, -0.15) is 0 Å². The number of fused-ring (bicyclic) bond motifs is 1. The van der Waals surface area contributed by atoms with Gasteiger partial charge in [-0.25, -0.2) is 17.5 Å². The molecule has 0 saturated carbocycles. The molecular formula is C23H18ClNO7S. The van der Waals surface area contributed by atoms with Crippen LogP contribution in [0.4, 0.5) is 10.5 Å². The molecule has 1 aliphatic heterocycles. The number of para-hydroxylation sites is 1. The monoisotopic (exact) mass is 487 g/mol. The summed E-state index contributed by atoms with van der Waals surface area (Å²) in [6.07, 6.45) is -1.69. The molecule has 10 heteroatoms. The van der Waals surface area contributed by atoms with Crippen molar-refractivity contribution in [3.05, 3.63) is 88.8 Å². The molecule has 0 radical (unpaired) electrons. The lowest BCUT2D eigenvalue weighted by molar-refractivity contribution is 0.119. The minimum atomic E-state index is -4.29. The summed E-state index contributed by atoms with van der Waals surface area (Å²) >= 11 is 6.33. The molecular weight excluding hydrogens is 470 g/mol. The highest BCUT2D eigenvalue weighted by atomic mass is 35.5. The quantitative estimate of drug-likeness (QED) is 0.506. The first-order valence-corrected chi connectivity index (χ1v) is 11.4. The Balaban J connectivity index is 2.16. The van der Waals surface area contributed by atoms with Crippen molar-refractivity contribution in [1.29, 1.82) is 0 Å². The van der Waals surface area contributed by atoms with Gasteiger partial charge in [-0.15, -0.1) is 0 Å². The fourth-order valence-electron chi connectivity index (χ4n) is 3.58. The lowest BCUT2D eigenvalue weighted by atomic mass is 9.97. The van der Waals surface area contributed by atoms with Crippen LogP contribution in [0.15, 0.2) is 77.5 Å². The summed E-state index contributed by atoms with van der Waals surface area (Å²) in [4.78, 5) is 11.7. The number of nitrogens with zero attached hydrogens (tertiary/aromatic N) is 1. The number of carbonyl (C=O) groups is 1. The smallest absolute Gasteiger partial charge is 0.497 e. The lowest BCUT2D eigenvalue weighted by Gasteiger charge is -2.33. The van der Waals surface area contributed by atoms with Crippen LogP contribution in [-0.4, -0.2) is 33.9 Å². The van der Waals surface area contributed by atoms with E-state index in [-0.39, 0.29) is 26.7 Å². The molecule has 0 saturated heterocycles. The Bertz CT molecular complexity index is 1360. The average molecular weight is 488 g/mol. The fraction of sp³-hybridized carbons (Fsp3) is 0.0870. The predicted molar refractivity (Wildman–Crippen MR) is 122 cm³/mol. The van der Waals surface area contributed by atoms with Gasteiger partial charge in [0.05, 0.1) is 35.4 Å². The third-order valence-corrected chi connectivity index (χ3v) is 7.04.